The largest absolute Gasteiger partial charge is 0.477 e. The van der Waals surface area contributed by atoms with Crippen molar-refractivity contribution < 1.29 is 24.9 Å². The second-order valence-electron chi connectivity index (χ2n) is 9.05. The van der Waals surface area contributed by atoms with E-state index in [0.717, 1.165) is 24.7 Å². The summed E-state index contributed by atoms with van der Waals surface area (Å²) in [6.07, 6.45) is 18.3. The Morgan fingerprint density at radius 1 is 1.17 bits per heavy atom. The van der Waals surface area contributed by atoms with Crippen molar-refractivity contribution in [2.24, 2.45) is 29.6 Å². The molecule has 2 saturated carbocycles. The highest BCUT2D eigenvalue weighted by Gasteiger charge is 2.39. The minimum absolute atomic E-state index is 0.0136. The predicted octanol–water partition coefficient (Wildman–Crippen LogP) is 4.48. The van der Waals surface area contributed by atoms with Gasteiger partial charge in [0.2, 0.25) is 0 Å². The fraction of sp³-hybridized carbons (Fsp3) is 0.750. The number of ketones is 1. The molecule has 4 atom stereocenters. The molecule has 0 bridgehead atoms. The Morgan fingerprint density at radius 2 is 1.90 bits per heavy atom. The van der Waals surface area contributed by atoms with Crippen molar-refractivity contribution in [3.63, 3.8) is 0 Å². The van der Waals surface area contributed by atoms with Gasteiger partial charge in [-0.3, -0.25) is 4.79 Å². The normalized spacial score (nSPS) is 25.2. The maximum absolute atomic E-state index is 12.3. The van der Waals surface area contributed by atoms with Crippen molar-refractivity contribution in [3.05, 3.63) is 24.3 Å². The van der Waals surface area contributed by atoms with E-state index in [9.17, 15) is 19.8 Å². The molecule has 1 unspecified atom stereocenters. The maximum Gasteiger partial charge on any atom is 0.364 e. The van der Waals surface area contributed by atoms with Gasteiger partial charge in [-0.05, 0) is 62.7 Å². The number of Topliss-reactive ketones (excluding diaryl/α,β-unsaturated/α-hetero) is 1. The molecule has 5 heteroatoms. The molecule has 29 heavy (non-hydrogen) atoms. The Balaban J connectivity index is 1.82. The monoisotopic (exact) mass is 406 g/mol. The molecule has 164 valence electrons. The van der Waals surface area contributed by atoms with Gasteiger partial charge in [0.05, 0.1) is 0 Å². The van der Waals surface area contributed by atoms with E-state index in [4.69, 9.17) is 5.11 Å². The smallest absolute Gasteiger partial charge is 0.364 e. The van der Waals surface area contributed by atoms with Crippen LogP contribution in [-0.2, 0) is 9.59 Å². The summed E-state index contributed by atoms with van der Waals surface area (Å²) in [5.41, 5.74) is 0. The van der Waals surface area contributed by atoms with E-state index in [0.29, 0.717) is 18.6 Å². The van der Waals surface area contributed by atoms with Gasteiger partial charge in [0.15, 0.2) is 0 Å². The van der Waals surface area contributed by atoms with Gasteiger partial charge in [0, 0.05) is 18.3 Å². The Hall–Kier alpha value is -1.46. The van der Waals surface area contributed by atoms with Crippen molar-refractivity contribution in [1.82, 2.24) is 0 Å². The summed E-state index contributed by atoms with van der Waals surface area (Å²) in [7, 11) is 0. The first-order chi connectivity index (χ1) is 13.8. The lowest BCUT2D eigenvalue weighted by Crippen LogP contribution is -2.44. The second kappa shape index (κ2) is 11.1. The number of carbonyl (C=O) groups excluding carboxylic acids is 1. The molecule has 0 heterocycles. The Morgan fingerprint density at radius 3 is 2.52 bits per heavy atom. The van der Waals surface area contributed by atoms with Crippen LogP contribution in [0.15, 0.2) is 24.3 Å². The topological polar surface area (TPSA) is 94.8 Å². The van der Waals surface area contributed by atoms with Gasteiger partial charge >= 0.3 is 5.97 Å². The molecule has 2 fully saturated rings. The number of hydrogen-bond donors (Lipinski definition) is 3. The van der Waals surface area contributed by atoms with Crippen LogP contribution in [0.2, 0.25) is 0 Å². The highest BCUT2D eigenvalue weighted by Crippen LogP contribution is 2.41. The summed E-state index contributed by atoms with van der Waals surface area (Å²) >= 11 is 0. The van der Waals surface area contributed by atoms with Gasteiger partial charge in [-0.2, -0.15) is 0 Å². The molecule has 2 aliphatic carbocycles. The van der Waals surface area contributed by atoms with Gasteiger partial charge in [0.25, 0.3) is 5.79 Å². The van der Waals surface area contributed by atoms with Gasteiger partial charge in [-0.1, -0.05) is 51.0 Å². The Kier molecular flexibility index (Phi) is 9.09. The fourth-order valence-corrected chi connectivity index (χ4v) is 4.40. The highest BCUT2D eigenvalue weighted by molar-refractivity contribution is 5.83. The quantitative estimate of drug-likeness (QED) is 0.310. The Bertz CT molecular complexity index is 602. The first kappa shape index (κ1) is 23.8. The van der Waals surface area contributed by atoms with Crippen LogP contribution in [0.25, 0.3) is 0 Å². The lowest BCUT2D eigenvalue weighted by atomic mass is 9.89. The molecule has 5 nitrogen and oxygen atoms in total. The van der Waals surface area contributed by atoms with E-state index in [1.54, 1.807) is 6.08 Å². The Labute approximate surface area is 174 Å². The fourth-order valence-electron chi connectivity index (χ4n) is 4.40. The summed E-state index contributed by atoms with van der Waals surface area (Å²) < 4.78 is 0. The number of allylic oxidation sites excluding steroid dienone is 4. The summed E-state index contributed by atoms with van der Waals surface area (Å²) in [6, 6.07) is 0. The SMILES string of the molecule is CCCC[C@H](C/C=C/[C@H]1CCC(=O)[C@@H]1C/C=C\CC(C)C(O)(O)C(=O)O)C1CC1. The first-order valence-corrected chi connectivity index (χ1v) is 11.3. The van der Waals surface area contributed by atoms with Crippen LogP contribution in [0, 0.1) is 29.6 Å². The van der Waals surface area contributed by atoms with Crippen LogP contribution in [0.5, 0.6) is 0 Å². The van der Waals surface area contributed by atoms with E-state index in [2.05, 4.69) is 19.1 Å². The molecule has 2 rings (SSSR count). The van der Waals surface area contributed by atoms with Crippen LogP contribution in [0.4, 0.5) is 0 Å². The lowest BCUT2D eigenvalue weighted by Gasteiger charge is -2.22. The van der Waals surface area contributed by atoms with Crippen LogP contribution in [0.3, 0.4) is 0 Å². The number of rotatable bonds is 13. The molecule has 0 amide bonds. The molecule has 0 aromatic heterocycles. The molecule has 3 N–H and O–H groups in total. The van der Waals surface area contributed by atoms with E-state index in [-0.39, 0.29) is 18.3 Å². The molecular weight excluding hydrogens is 368 g/mol. The number of carbonyl (C=O) groups is 2. The van der Waals surface area contributed by atoms with Crippen molar-refractivity contribution in [2.75, 3.05) is 0 Å². The second-order valence-corrected chi connectivity index (χ2v) is 9.05. The van der Waals surface area contributed by atoms with Crippen molar-refractivity contribution in [3.8, 4) is 0 Å². The van der Waals surface area contributed by atoms with Gasteiger partial charge in [0.1, 0.15) is 5.78 Å². The predicted molar refractivity (Wildman–Crippen MR) is 113 cm³/mol. The third kappa shape index (κ3) is 7.07. The zero-order valence-electron chi connectivity index (χ0n) is 17.9. The summed E-state index contributed by atoms with van der Waals surface area (Å²) in [6.45, 7) is 3.73. The minimum Gasteiger partial charge on any atom is -0.477 e. The van der Waals surface area contributed by atoms with Gasteiger partial charge in [-0.25, -0.2) is 4.79 Å². The van der Waals surface area contributed by atoms with Crippen molar-refractivity contribution in [1.29, 1.82) is 0 Å². The number of carboxylic acid groups (broad SMARTS) is 1. The summed E-state index contributed by atoms with van der Waals surface area (Å²) in [5.74, 6) is -2.92. The van der Waals surface area contributed by atoms with Crippen LogP contribution in [-0.4, -0.2) is 32.9 Å². The third-order valence-electron chi connectivity index (χ3n) is 6.74. The van der Waals surface area contributed by atoms with Crippen molar-refractivity contribution >= 4 is 11.8 Å². The standard InChI is InChI=1S/C24H38O5/c1-3-4-9-18(19-13-14-19)10-7-11-20-15-16-22(25)21(20)12-6-5-8-17(2)24(28,29)23(26)27/h5-7,11,17-21,28-29H,3-4,8-10,12-16H2,1-2H3,(H,26,27)/b6-5-,11-7+/t17?,18-,20+,21-/m1/s1. The number of hydrogen-bond acceptors (Lipinski definition) is 4. The van der Waals surface area contributed by atoms with E-state index >= 15 is 0 Å². The zero-order chi connectivity index (χ0) is 21.4. The number of aliphatic hydroxyl groups is 2. The lowest BCUT2D eigenvalue weighted by molar-refractivity contribution is -0.219. The molecule has 2 aliphatic rings. The molecule has 0 spiro atoms. The van der Waals surface area contributed by atoms with E-state index in [1.165, 1.54) is 39.0 Å². The third-order valence-corrected chi connectivity index (χ3v) is 6.74. The molecular formula is C24H38O5. The van der Waals surface area contributed by atoms with Gasteiger partial charge < -0.3 is 15.3 Å². The minimum atomic E-state index is -2.73. The maximum atomic E-state index is 12.3. The molecule has 0 aromatic carbocycles. The first-order valence-electron chi connectivity index (χ1n) is 11.3. The zero-order valence-corrected chi connectivity index (χ0v) is 17.9. The number of carboxylic acids is 1. The van der Waals surface area contributed by atoms with Crippen LogP contribution < -0.4 is 0 Å². The van der Waals surface area contributed by atoms with Crippen LogP contribution in [0.1, 0.15) is 78.1 Å². The van der Waals surface area contributed by atoms with E-state index < -0.39 is 17.7 Å². The average Bonchev–Trinajstić information content (AvgIpc) is 3.46. The van der Waals surface area contributed by atoms with E-state index in [1.807, 2.05) is 6.08 Å². The number of unbranched alkanes of at least 4 members (excludes halogenated alkanes) is 1. The molecule has 0 radical (unpaired) electrons. The number of aliphatic carboxylic acids is 1. The van der Waals surface area contributed by atoms with Crippen LogP contribution >= 0.6 is 0 Å². The van der Waals surface area contributed by atoms with Crippen molar-refractivity contribution in [2.45, 2.75) is 83.8 Å². The highest BCUT2D eigenvalue weighted by atomic mass is 16.5. The summed E-state index contributed by atoms with van der Waals surface area (Å²) in [4.78, 5) is 23.2. The summed E-state index contributed by atoms with van der Waals surface area (Å²) in [5, 5.41) is 27.9. The average molecular weight is 407 g/mol. The van der Waals surface area contributed by atoms with Gasteiger partial charge in [-0.15, -0.1) is 0 Å². The molecule has 0 aromatic rings. The molecule has 0 aliphatic heterocycles. The molecule has 0 saturated heterocycles.